The van der Waals surface area contributed by atoms with E-state index in [1.54, 1.807) is 6.07 Å². The molecule has 0 atom stereocenters. The number of piperazine rings is 1. The van der Waals surface area contributed by atoms with Crippen LogP contribution in [-0.2, 0) is 0 Å². The van der Waals surface area contributed by atoms with Crippen molar-refractivity contribution in [2.45, 2.75) is 0 Å². The van der Waals surface area contributed by atoms with Crippen molar-refractivity contribution in [2.24, 2.45) is 0 Å². The van der Waals surface area contributed by atoms with Gasteiger partial charge in [0.2, 0.25) is 0 Å². The van der Waals surface area contributed by atoms with Crippen molar-refractivity contribution in [3.05, 3.63) is 90.6 Å². The molecule has 6 heteroatoms. The smallest absolute Gasteiger partial charge is 0.254 e. The lowest BCUT2D eigenvalue weighted by molar-refractivity contribution is 0.0746. The SMILES string of the molecule is O=C(c1cccc(Oc2ccccc2)c1)N1CCN(c2cnc3ccccc3n2)CC1. The average molecular weight is 410 g/mol. The number of rotatable bonds is 4. The molecular formula is C25H22N4O2. The molecule has 0 N–H and O–H groups in total. The van der Waals surface area contributed by atoms with Crippen LogP contribution in [0.2, 0.25) is 0 Å². The van der Waals surface area contributed by atoms with Crippen LogP contribution < -0.4 is 9.64 Å². The predicted molar refractivity (Wildman–Crippen MR) is 121 cm³/mol. The van der Waals surface area contributed by atoms with Crippen LogP contribution in [0.15, 0.2) is 85.1 Å². The van der Waals surface area contributed by atoms with E-state index in [-0.39, 0.29) is 5.91 Å². The summed E-state index contributed by atoms with van der Waals surface area (Å²) in [4.78, 5) is 26.3. The van der Waals surface area contributed by atoms with Gasteiger partial charge in [0.25, 0.3) is 5.91 Å². The van der Waals surface area contributed by atoms with E-state index in [0.717, 1.165) is 35.7 Å². The van der Waals surface area contributed by atoms with E-state index in [2.05, 4.69) is 9.88 Å². The highest BCUT2D eigenvalue weighted by Gasteiger charge is 2.23. The summed E-state index contributed by atoms with van der Waals surface area (Å²) in [6.07, 6.45) is 1.81. The summed E-state index contributed by atoms with van der Waals surface area (Å²) in [5.74, 6) is 2.27. The minimum absolute atomic E-state index is 0.0164. The Morgan fingerprint density at radius 1 is 0.774 bits per heavy atom. The molecule has 1 aliphatic rings. The molecule has 0 saturated carbocycles. The highest BCUT2D eigenvalue weighted by molar-refractivity contribution is 5.94. The van der Waals surface area contributed by atoms with Gasteiger partial charge in [-0.1, -0.05) is 36.4 Å². The summed E-state index contributed by atoms with van der Waals surface area (Å²) in [6, 6.07) is 24.8. The second-order valence-electron chi connectivity index (χ2n) is 7.44. The lowest BCUT2D eigenvalue weighted by Gasteiger charge is -2.35. The van der Waals surface area contributed by atoms with Crippen LogP contribution in [-0.4, -0.2) is 47.0 Å². The molecule has 3 aromatic carbocycles. The number of benzene rings is 3. The number of aromatic nitrogens is 2. The van der Waals surface area contributed by atoms with Crippen molar-refractivity contribution in [1.29, 1.82) is 0 Å². The summed E-state index contributed by atoms with van der Waals surface area (Å²) in [5.41, 5.74) is 2.40. The molecule has 0 aliphatic carbocycles. The lowest BCUT2D eigenvalue weighted by Crippen LogP contribution is -2.49. The van der Waals surface area contributed by atoms with E-state index in [1.165, 1.54) is 0 Å². The molecule has 0 radical (unpaired) electrons. The summed E-state index contributed by atoms with van der Waals surface area (Å²) < 4.78 is 5.87. The minimum atomic E-state index is 0.0164. The number of amides is 1. The number of nitrogens with zero attached hydrogens (tertiary/aromatic N) is 4. The van der Waals surface area contributed by atoms with E-state index >= 15 is 0 Å². The van der Waals surface area contributed by atoms with Gasteiger partial charge < -0.3 is 14.5 Å². The predicted octanol–water partition coefficient (Wildman–Crippen LogP) is 4.38. The highest BCUT2D eigenvalue weighted by atomic mass is 16.5. The molecule has 1 amide bonds. The minimum Gasteiger partial charge on any atom is -0.457 e. The quantitative estimate of drug-likeness (QED) is 0.500. The van der Waals surface area contributed by atoms with Crippen molar-refractivity contribution in [1.82, 2.24) is 14.9 Å². The normalized spacial score (nSPS) is 13.9. The maximum atomic E-state index is 13.0. The first-order valence-electron chi connectivity index (χ1n) is 10.4. The van der Waals surface area contributed by atoms with E-state index in [9.17, 15) is 4.79 Å². The fourth-order valence-corrected chi connectivity index (χ4v) is 3.74. The molecule has 0 spiro atoms. The largest absolute Gasteiger partial charge is 0.457 e. The Morgan fingerprint density at radius 2 is 1.48 bits per heavy atom. The van der Waals surface area contributed by atoms with Crippen LogP contribution in [0.25, 0.3) is 11.0 Å². The van der Waals surface area contributed by atoms with E-state index in [0.29, 0.717) is 24.4 Å². The van der Waals surface area contributed by atoms with Gasteiger partial charge in [0, 0.05) is 31.7 Å². The number of carbonyl (C=O) groups excluding carboxylic acids is 1. The maximum absolute atomic E-state index is 13.0. The first-order valence-corrected chi connectivity index (χ1v) is 10.4. The summed E-state index contributed by atoms with van der Waals surface area (Å²) in [7, 11) is 0. The van der Waals surface area contributed by atoms with Gasteiger partial charge in [-0.05, 0) is 42.5 Å². The molecule has 1 saturated heterocycles. The average Bonchev–Trinajstić information content (AvgIpc) is 2.84. The van der Waals surface area contributed by atoms with Crippen LogP contribution in [0, 0.1) is 0 Å². The zero-order chi connectivity index (χ0) is 21.0. The van der Waals surface area contributed by atoms with Crippen molar-refractivity contribution in [2.75, 3.05) is 31.1 Å². The summed E-state index contributed by atoms with van der Waals surface area (Å²) in [5, 5.41) is 0. The van der Waals surface area contributed by atoms with Crippen molar-refractivity contribution in [3.8, 4) is 11.5 Å². The van der Waals surface area contributed by atoms with Crippen LogP contribution in [0.3, 0.4) is 0 Å². The molecule has 4 aromatic rings. The van der Waals surface area contributed by atoms with Gasteiger partial charge in [-0.15, -0.1) is 0 Å². The Morgan fingerprint density at radius 3 is 2.29 bits per heavy atom. The monoisotopic (exact) mass is 410 g/mol. The molecule has 31 heavy (non-hydrogen) atoms. The number of hydrogen-bond donors (Lipinski definition) is 0. The topological polar surface area (TPSA) is 58.6 Å². The van der Waals surface area contributed by atoms with Gasteiger partial charge in [-0.3, -0.25) is 9.78 Å². The summed E-state index contributed by atoms with van der Waals surface area (Å²) in [6.45, 7) is 2.71. The third-order valence-electron chi connectivity index (χ3n) is 5.39. The van der Waals surface area contributed by atoms with Crippen LogP contribution in [0.4, 0.5) is 5.82 Å². The fraction of sp³-hybridized carbons (Fsp3) is 0.160. The van der Waals surface area contributed by atoms with Crippen LogP contribution >= 0.6 is 0 Å². The zero-order valence-electron chi connectivity index (χ0n) is 17.0. The molecule has 0 bridgehead atoms. The second kappa shape index (κ2) is 8.44. The molecule has 2 heterocycles. The first kappa shape index (κ1) is 19.1. The zero-order valence-corrected chi connectivity index (χ0v) is 17.0. The molecule has 0 unspecified atom stereocenters. The Balaban J connectivity index is 1.25. The van der Waals surface area contributed by atoms with Gasteiger partial charge in [-0.2, -0.15) is 0 Å². The Labute approximate surface area is 180 Å². The van der Waals surface area contributed by atoms with Crippen molar-refractivity contribution in [3.63, 3.8) is 0 Å². The van der Waals surface area contributed by atoms with Crippen molar-refractivity contribution < 1.29 is 9.53 Å². The molecule has 5 rings (SSSR count). The van der Waals surface area contributed by atoms with Gasteiger partial charge in [-0.25, -0.2) is 4.98 Å². The number of ether oxygens (including phenoxy) is 1. The van der Waals surface area contributed by atoms with Crippen LogP contribution in [0.1, 0.15) is 10.4 Å². The van der Waals surface area contributed by atoms with E-state index in [1.807, 2.05) is 83.9 Å². The van der Waals surface area contributed by atoms with E-state index in [4.69, 9.17) is 9.72 Å². The number of fused-ring (bicyclic) bond motifs is 1. The molecule has 1 fully saturated rings. The maximum Gasteiger partial charge on any atom is 0.254 e. The Kier molecular flexibility index (Phi) is 5.19. The standard InChI is InChI=1S/C25H22N4O2/c30-25(19-7-6-10-21(17-19)31-20-8-2-1-3-9-20)29-15-13-28(14-16-29)24-18-26-22-11-4-5-12-23(22)27-24/h1-12,17-18H,13-16H2. The second-order valence-corrected chi connectivity index (χ2v) is 7.44. The summed E-state index contributed by atoms with van der Waals surface area (Å²) >= 11 is 0. The van der Waals surface area contributed by atoms with Gasteiger partial charge >= 0.3 is 0 Å². The van der Waals surface area contributed by atoms with Crippen LogP contribution in [0.5, 0.6) is 11.5 Å². The van der Waals surface area contributed by atoms with Gasteiger partial charge in [0.1, 0.15) is 17.3 Å². The number of para-hydroxylation sites is 3. The Bertz CT molecular complexity index is 1200. The third kappa shape index (κ3) is 4.19. The molecular weight excluding hydrogens is 388 g/mol. The molecule has 154 valence electrons. The van der Waals surface area contributed by atoms with Gasteiger partial charge in [0.05, 0.1) is 17.2 Å². The molecule has 6 nitrogen and oxygen atoms in total. The fourth-order valence-electron chi connectivity index (χ4n) is 3.74. The third-order valence-corrected chi connectivity index (χ3v) is 5.39. The van der Waals surface area contributed by atoms with Gasteiger partial charge in [0.15, 0.2) is 0 Å². The first-order chi connectivity index (χ1) is 15.3. The van der Waals surface area contributed by atoms with Crippen molar-refractivity contribution >= 4 is 22.8 Å². The molecule has 1 aliphatic heterocycles. The highest BCUT2D eigenvalue weighted by Crippen LogP contribution is 2.23. The molecule has 1 aromatic heterocycles. The lowest BCUT2D eigenvalue weighted by atomic mass is 10.1. The van der Waals surface area contributed by atoms with E-state index < -0.39 is 0 Å². The Hall–Kier alpha value is -3.93. The number of anilines is 1. The number of carbonyl (C=O) groups is 1. The number of hydrogen-bond acceptors (Lipinski definition) is 5.